The highest BCUT2D eigenvalue weighted by atomic mass is 16.5. The van der Waals surface area contributed by atoms with Crippen LogP contribution in [-0.4, -0.2) is 42.1 Å². The average molecular weight is 319 g/mol. The number of amides is 1. The SMILES string of the molecule is CCC(CC(=O)N1CCC[C@H](C(=O)O)C1)c1ccc(OC)cc1. The number of piperidine rings is 1. The normalized spacial score (nSPS) is 19.2. The molecule has 5 heteroatoms. The first-order valence-electron chi connectivity index (χ1n) is 8.19. The maximum atomic E-state index is 12.5. The molecule has 1 saturated heterocycles. The molecule has 0 radical (unpaired) electrons. The summed E-state index contributed by atoms with van der Waals surface area (Å²) in [7, 11) is 1.63. The third-order valence-corrected chi connectivity index (χ3v) is 4.62. The first-order valence-corrected chi connectivity index (χ1v) is 8.19. The third kappa shape index (κ3) is 4.47. The van der Waals surface area contributed by atoms with Crippen LogP contribution in [0.5, 0.6) is 5.75 Å². The summed E-state index contributed by atoms with van der Waals surface area (Å²) in [6, 6.07) is 7.81. The highest BCUT2D eigenvalue weighted by Gasteiger charge is 2.29. The van der Waals surface area contributed by atoms with Crippen LogP contribution < -0.4 is 4.74 Å². The topological polar surface area (TPSA) is 66.8 Å². The first kappa shape index (κ1) is 17.3. The molecule has 2 rings (SSSR count). The molecule has 2 atom stereocenters. The Morgan fingerprint density at radius 3 is 2.61 bits per heavy atom. The summed E-state index contributed by atoms with van der Waals surface area (Å²) in [5.41, 5.74) is 1.12. The minimum Gasteiger partial charge on any atom is -0.497 e. The number of carbonyl (C=O) groups is 2. The Balaban J connectivity index is 1.99. The molecule has 0 saturated carbocycles. The van der Waals surface area contributed by atoms with Crippen LogP contribution in [0.3, 0.4) is 0 Å². The van der Waals surface area contributed by atoms with Gasteiger partial charge in [0.2, 0.25) is 5.91 Å². The molecule has 0 spiro atoms. The minimum atomic E-state index is -0.801. The number of carboxylic acid groups (broad SMARTS) is 1. The lowest BCUT2D eigenvalue weighted by atomic mass is 9.91. The van der Waals surface area contributed by atoms with E-state index < -0.39 is 11.9 Å². The van der Waals surface area contributed by atoms with Crippen molar-refractivity contribution in [3.63, 3.8) is 0 Å². The van der Waals surface area contributed by atoms with Crippen molar-refractivity contribution >= 4 is 11.9 Å². The molecular weight excluding hydrogens is 294 g/mol. The number of hydrogen-bond acceptors (Lipinski definition) is 3. The lowest BCUT2D eigenvalue weighted by Gasteiger charge is -2.31. The van der Waals surface area contributed by atoms with Crippen molar-refractivity contribution in [1.29, 1.82) is 0 Å². The van der Waals surface area contributed by atoms with E-state index in [0.29, 0.717) is 25.9 Å². The summed E-state index contributed by atoms with van der Waals surface area (Å²) in [6.45, 7) is 3.08. The van der Waals surface area contributed by atoms with Crippen molar-refractivity contribution in [3.05, 3.63) is 29.8 Å². The van der Waals surface area contributed by atoms with Crippen LogP contribution in [0.4, 0.5) is 0 Å². The van der Waals surface area contributed by atoms with Gasteiger partial charge < -0.3 is 14.7 Å². The van der Waals surface area contributed by atoms with Gasteiger partial charge in [0, 0.05) is 19.5 Å². The van der Waals surface area contributed by atoms with E-state index >= 15 is 0 Å². The Morgan fingerprint density at radius 1 is 1.35 bits per heavy atom. The summed E-state index contributed by atoms with van der Waals surface area (Å²) in [5.74, 6) is -0.217. The Bertz CT molecular complexity index is 540. The van der Waals surface area contributed by atoms with Crippen LogP contribution in [0.1, 0.15) is 44.1 Å². The summed E-state index contributed by atoms with van der Waals surface area (Å²) in [5, 5.41) is 9.14. The van der Waals surface area contributed by atoms with E-state index in [0.717, 1.165) is 24.2 Å². The maximum Gasteiger partial charge on any atom is 0.308 e. The fraction of sp³-hybridized carbons (Fsp3) is 0.556. The number of carboxylic acids is 1. The smallest absolute Gasteiger partial charge is 0.308 e. The van der Waals surface area contributed by atoms with Crippen molar-refractivity contribution < 1.29 is 19.4 Å². The molecule has 0 aliphatic carbocycles. The molecule has 0 aromatic heterocycles. The zero-order valence-electron chi connectivity index (χ0n) is 13.8. The molecule has 1 heterocycles. The number of methoxy groups -OCH3 is 1. The number of benzene rings is 1. The van der Waals surface area contributed by atoms with Crippen molar-refractivity contribution in [3.8, 4) is 5.75 Å². The fourth-order valence-corrected chi connectivity index (χ4v) is 3.12. The van der Waals surface area contributed by atoms with Crippen molar-refractivity contribution in [2.45, 2.75) is 38.5 Å². The molecule has 1 fully saturated rings. The lowest BCUT2D eigenvalue weighted by Crippen LogP contribution is -2.42. The molecule has 23 heavy (non-hydrogen) atoms. The Hall–Kier alpha value is -2.04. The molecule has 1 aliphatic rings. The minimum absolute atomic E-state index is 0.0543. The van der Waals surface area contributed by atoms with Crippen LogP contribution >= 0.6 is 0 Å². The highest BCUT2D eigenvalue weighted by Crippen LogP contribution is 2.27. The third-order valence-electron chi connectivity index (χ3n) is 4.62. The number of aliphatic carboxylic acids is 1. The van der Waals surface area contributed by atoms with Gasteiger partial charge in [0.1, 0.15) is 5.75 Å². The van der Waals surface area contributed by atoms with E-state index in [2.05, 4.69) is 6.92 Å². The van der Waals surface area contributed by atoms with Gasteiger partial charge in [-0.25, -0.2) is 0 Å². The zero-order chi connectivity index (χ0) is 16.8. The van der Waals surface area contributed by atoms with E-state index in [1.165, 1.54) is 0 Å². The second kappa shape index (κ2) is 7.99. The van der Waals surface area contributed by atoms with Crippen LogP contribution in [0.15, 0.2) is 24.3 Å². The van der Waals surface area contributed by atoms with Gasteiger partial charge in [0.05, 0.1) is 13.0 Å². The standard InChI is InChI=1S/C18H25NO4/c1-3-13(14-6-8-16(23-2)9-7-14)11-17(20)19-10-4-5-15(12-19)18(21)22/h6-9,13,15H,3-5,10-12H2,1-2H3,(H,21,22)/t13?,15-/m0/s1. The summed E-state index contributed by atoms with van der Waals surface area (Å²) < 4.78 is 5.16. The molecule has 1 aromatic carbocycles. The Kier molecular flexibility index (Phi) is 6.02. The van der Waals surface area contributed by atoms with Crippen LogP contribution in [0, 0.1) is 5.92 Å². The quantitative estimate of drug-likeness (QED) is 0.875. The molecule has 1 aliphatic heterocycles. The predicted octanol–water partition coefficient (Wildman–Crippen LogP) is 2.90. The number of ether oxygens (including phenoxy) is 1. The van der Waals surface area contributed by atoms with Crippen molar-refractivity contribution in [2.75, 3.05) is 20.2 Å². The van der Waals surface area contributed by atoms with E-state index in [-0.39, 0.29) is 11.8 Å². The number of likely N-dealkylation sites (tertiary alicyclic amines) is 1. The zero-order valence-corrected chi connectivity index (χ0v) is 13.8. The molecule has 1 amide bonds. The van der Waals surface area contributed by atoms with Gasteiger partial charge in [-0.2, -0.15) is 0 Å². The molecular formula is C18H25NO4. The summed E-state index contributed by atoms with van der Waals surface area (Å²) in [4.78, 5) is 25.4. The average Bonchev–Trinajstić information content (AvgIpc) is 2.59. The van der Waals surface area contributed by atoms with E-state index in [1.807, 2.05) is 24.3 Å². The number of carbonyl (C=O) groups excluding carboxylic acids is 1. The van der Waals surface area contributed by atoms with Gasteiger partial charge in [0.25, 0.3) is 0 Å². The largest absolute Gasteiger partial charge is 0.497 e. The van der Waals surface area contributed by atoms with Crippen LogP contribution in [0.25, 0.3) is 0 Å². The monoisotopic (exact) mass is 319 g/mol. The lowest BCUT2D eigenvalue weighted by molar-refractivity contribution is -0.145. The van der Waals surface area contributed by atoms with Crippen LogP contribution in [0.2, 0.25) is 0 Å². The molecule has 1 aromatic rings. The van der Waals surface area contributed by atoms with Gasteiger partial charge in [-0.1, -0.05) is 19.1 Å². The van der Waals surface area contributed by atoms with Gasteiger partial charge in [-0.15, -0.1) is 0 Å². The van der Waals surface area contributed by atoms with Gasteiger partial charge in [0.15, 0.2) is 0 Å². The van der Waals surface area contributed by atoms with E-state index in [4.69, 9.17) is 9.84 Å². The van der Waals surface area contributed by atoms with Gasteiger partial charge in [-0.3, -0.25) is 9.59 Å². The van der Waals surface area contributed by atoms with Crippen LogP contribution in [-0.2, 0) is 9.59 Å². The number of nitrogens with zero attached hydrogens (tertiary/aromatic N) is 1. The maximum absolute atomic E-state index is 12.5. The summed E-state index contributed by atoms with van der Waals surface area (Å²) >= 11 is 0. The summed E-state index contributed by atoms with van der Waals surface area (Å²) in [6.07, 6.45) is 2.72. The molecule has 1 unspecified atom stereocenters. The predicted molar refractivity (Wildman–Crippen MR) is 87.6 cm³/mol. The Morgan fingerprint density at radius 2 is 2.04 bits per heavy atom. The molecule has 1 N–H and O–H groups in total. The number of rotatable bonds is 6. The van der Waals surface area contributed by atoms with Gasteiger partial charge in [-0.05, 0) is 42.9 Å². The van der Waals surface area contributed by atoms with Gasteiger partial charge >= 0.3 is 5.97 Å². The second-order valence-electron chi connectivity index (χ2n) is 6.10. The fourth-order valence-electron chi connectivity index (χ4n) is 3.12. The van der Waals surface area contributed by atoms with Crippen molar-refractivity contribution in [1.82, 2.24) is 4.90 Å². The molecule has 126 valence electrons. The first-order chi connectivity index (χ1) is 11.0. The second-order valence-corrected chi connectivity index (χ2v) is 6.10. The molecule has 5 nitrogen and oxygen atoms in total. The van der Waals surface area contributed by atoms with E-state index in [1.54, 1.807) is 12.0 Å². The van der Waals surface area contributed by atoms with E-state index in [9.17, 15) is 9.59 Å². The van der Waals surface area contributed by atoms with Crippen molar-refractivity contribution in [2.24, 2.45) is 5.92 Å². The number of hydrogen-bond donors (Lipinski definition) is 1. The highest BCUT2D eigenvalue weighted by molar-refractivity contribution is 5.78. The molecule has 0 bridgehead atoms. The Labute approximate surface area is 137 Å².